The number of para-hydroxylation sites is 1. The number of nitrogens with zero attached hydrogens (tertiary/aromatic N) is 2. The van der Waals surface area contributed by atoms with Gasteiger partial charge in [-0.15, -0.1) is 0 Å². The van der Waals surface area contributed by atoms with Crippen LogP contribution in [0.3, 0.4) is 0 Å². The summed E-state index contributed by atoms with van der Waals surface area (Å²) in [6.45, 7) is 0. The van der Waals surface area contributed by atoms with E-state index < -0.39 is 0 Å². The predicted molar refractivity (Wildman–Crippen MR) is 78.3 cm³/mol. The van der Waals surface area contributed by atoms with Crippen LogP contribution >= 0.6 is 15.9 Å². The molecule has 90 valence electrons. The van der Waals surface area contributed by atoms with E-state index in [0.717, 1.165) is 32.6 Å². The second kappa shape index (κ2) is 4.14. The first-order valence-corrected chi connectivity index (χ1v) is 6.43. The lowest BCUT2D eigenvalue weighted by Gasteiger charge is -2.03. The van der Waals surface area contributed by atoms with E-state index in [1.807, 2.05) is 43.4 Å². The number of nitrogens with two attached hydrogens (primary N) is 1. The van der Waals surface area contributed by atoms with E-state index in [9.17, 15) is 0 Å². The molecule has 2 N–H and O–H groups in total. The molecule has 0 aliphatic rings. The van der Waals surface area contributed by atoms with Crippen LogP contribution in [0.25, 0.3) is 22.4 Å². The zero-order chi connectivity index (χ0) is 12.7. The average molecular weight is 302 g/mol. The summed E-state index contributed by atoms with van der Waals surface area (Å²) in [4.78, 5) is 4.68. The Morgan fingerprint density at radius 1 is 1.17 bits per heavy atom. The Hall–Kier alpha value is -1.81. The first kappa shape index (κ1) is 11.3. The van der Waals surface area contributed by atoms with Crippen molar-refractivity contribution in [1.29, 1.82) is 0 Å². The molecule has 0 radical (unpaired) electrons. The Bertz CT molecular complexity index is 731. The van der Waals surface area contributed by atoms with Crippen molar-refractivity contribution in [2.75, 3.05) is 5.73 Å². The predicted octanol–water partition coefficient (Wildman–Crippen LogP) is 3.59. The molecule has 0 bridgehead atoms. The molecule has 0 unspecified atom stereocenters. The molecule has 18 heavy (non-hydrogen) atoms. The number of fused-ring (bicyclic) bond motifs is 1. The van der Waals surface area contributed by atoms with Gasteiger partial charge in [0, 0.05) is 22.8 Å². The largest absolute Gasteiger partial charge is 0.399 e. The van der Waals surface area contributed by atoms with Gasteiger partial charge in [-0.25, -0.2) is 4.98 Å². The molecule has 0 spiro atoms. The lowest BCUT2D eigenvalue weighted by molar-refractivity contribution is 0.959. The minimum absolute atomic E-state index is 0.749. The summed E-state index contributed by atoms with van der Waals surface area (Å²) in [5.74, 6) is 0.921. The lowest BCUT2D eigenvalue weighted by Crippen LogP contribution is -1.93. The van der Waals surface area contributed by atoms with Gasteiger partial charge < -0.3 is 10.3 Å². The van der Waals surface area contributed by atoms with Crippen LogP contribution in [0.15, 0.2) is 46.9 Å². The molecule has 0 fully saturated rings. The molecule has 3 aromatic rings. The molecule has 0 amide bonds. The minimum atomic E-state index is 0.749. The first-order chi connectivity index (χ1) is 8.66. The van der Waals surface area contributed by atoms with Crippen molar-refractivity contribution in [3.8, 4) is 11.4 Å². The van der Waals surface area contributed by atoms with Crippen LogP contribution in [0.5, 0.6) is 0 Å². The summed E-state index contributed by atoms with van der Waals surface area (Å²) in [6.07, 6.45) is 0. The van der Waals surface area contributed by atoms with Crippen molar-refractivity contribution in [2.24, 2.45) is 7.05 Å². The molecule has 0 atom stereocenters. The highest BCUT2D eigenvalue weighted by molar-refractivity contribution is 9.10. The van der Waals surface area contributed by atoms with Crippen molar-refractivity contribution >= 4 is 32.7 Å². The quantitative estimate of drug-likeness (QED) is 0.698. The van der Waals surface area contributed by atoms with Crippen LogP contribution < -0.4 is 5.73 Å². The molecule has 3 rings (SSSR count). The number of rotatable bonds is 1. The van der Waals surface area contributed by atoms with Gasteiger partial charge in [0.25, 0.3) is 0 Å². The summed E-state index contributed by atoms with van der Waals surface area (Å²) in [7, 11) is 2.01. The van der Waals surface area contributed by atoms with E-state index >= 15 is 0 Å². The lowest BCUT2D eigenvalue weighted by atomic mass is 10.2. The third kappa shape index (κ3) is 1.69. The Morgan fingerprint density at radius 2 is 1.94 bits per heavy atom. The standard InChI is InChI=1S/C14H12BrN3/c1-18-12-7-3-6-11(15)13(12)17-14(18)9-4-2-5-10(16)8-9/h2-8H,16H2,1H3. The highest BCUT2D eigenvalue weighted by atomic mass is 79.9. The number of halogens is 1. The first-order valence-electron chi connectivity index (χ1n) is 5.63. The van der Waals surface area contributed by atoms with Gasteiger partial charge in [0.15, 0.2) is 0 Å². The summed E-state index contributed by atoms with van der Waals surface area (Å²) >= 11 is 3.53. The van der Waals surface area contributed by atoms with Crippen molar-refractivity contribution in [2.45, 2.75) is 0 Å². The van der Waals surface area contributed by atoms with Crippen molar-refractivity contribution in [3.63, 3.8) is 0 Å². The number of benzene rings is 2. The highest BCUT2D eigenvalue weighted by Crippen LogP contribution is 2.28. The summed E-state index contributed by atoms with van der Waals surface area (Å²) in [6, 6.07) is 13.8. The molecule has 1 aromatic heterocycles. The minimum Gasteiger partial charge on any atom is -0.399 e. The van der Waals surface area contributed by atoms with Gasteiger partial charge >= 0.3 is 0 Å². The maximum atomic E-state index is 5.82. The maximum Gasteiger partial charge on any atom is 0.140 e. The van der Waals surface area contributed by atoms with Crippen LogP contribution in [-0.4, -0.2) is 9.55 Å². The molecule has 0 aliphatic heterocycles. The third-order valence-corrected chi connectivity index (χ3v) is 3.65. The number of anilines is 1. The molecule has 0 saturated heterocycles. The number of hydrogen-bond donors (Lipinski definition) is 1. The average Bonchev–Trinajstić information content (AvgIpc) is 2.69. The summed E-state index contributed by atoms with van der Waals surface area (Å²) in [5, 5.41) is 0. The van der Waals surface area contributed by atoms with E-state index in [0.29, 0.717) is 0 Å². The van der Waals surface area contributed by atoms with E-state index in [1.165, 1.54) is 0 Å². The van der Waals surface area contributed by atoms with Gasteiger partial charge in [0.2, 0.25) is 0 Å². The topological polar surface area (TPSA) is 43.8 Å². The monoisotopic (exact) mass is 301 g/mol. The number of hydrogen-bond acceptors (Lipinski definition) is 2. The van der Waals surface area contributed by atoms with Crippen LogP contribution in [0.2, 0.25) is 0 Å². The molecule has 0 aliphatic carbocycles. The molecule has 4 heteroatoms. The van der Waals surface area contributed by atoms with Gasteiger partial charge in [-0.1, -0.05) is 18.2 Å². The fourth-order valence-electron chi connectivity index (χ4n) is 2.12. The Kier molecular flexibility index (Phi) is 2.59. The Morgan fingerprint density at radius 3 is 2.67 bits per heavy atom. The third-order valence-electron chi connectivity index (χ3n) is 3.01. The second-order valence-corrected chi connectivity index (χ2v) is 5.08. The maximum absolute atomic E-state index is 5.82. The van der Waals surface area contributed by atoms with E-state index in [-0.39, 0.29) is 0 Å². The Balaban J connectivity index is 2.30. The summed E-state index contributed by atoms with van der Waals surface area (Å²) < 4.78 is 3.08. The van der Waals surface area contributed by atoms with Gasteiger partial charge in [0.1, 0.15) is 11.3 Å². The zero-order valence-corrected chi connectivity index (χ0v) is 11.5. The highest BCUT2D eigenvalue weighted by Gasteiger charge is 2.11. The second-order valence-electron chi connectivity index (χ2n) is 4.23. The normalized spacial score (nSPS) is 11.0. The molecule has 1 heterocycles. The van der Waals surface area contributed by atoms with Crippen molar-refractivity contribution in [3.05, 3.63) is 46.9 Å². The van der Waals surface area contributed by atoms with Crippen LogP contribution in [0.1, 0.15) is 0 Å². The molecular weight excluding hydrogens is 290 g/mol. The van der Waals surface area contributed by atoms with Gasteiger partial charge in [-0.05, 0) is 40.2 Å². The summed E-state index contributed by atoms with van der Waals surface area (Å²) in [5.41, 5.74) is 9.67. The molecule has 0 saturated carbocycles. The van der Waals surface area contributed by atoms with Crippen molar-refractivity contribution in [1.82, 2.24) is 9.55 Å². The smallest absolute Gasteiger partial charge is 0.140 e. The van der Waals surface area contributed by atoms with Crippen molar-refractivity contribution < 1.29 is 0 Å². The SMILES string of the molecule is Cn1c(-c2cccc(N)c2)nc2c(Br)cccc21. The van der Waals surface area contributed by atoms with E-state index in [4.69, 9.17) is 5.73 Å². The van der Waals surface area contributed by atoms with Crippen LogP contribution in [0.4, 0.5) is 5.69 Å². The number of aromatic nitrogens is 2. The zero-order valence-electron chi connectivity index (χ0n) is 9.89. The molecule has 3 nitrogen and oxygen atoms in total. The molecular formula is C14H12BrN3. The van der Waals surface area contributed by atoms with E-state index in [2.05, 4.69) is 31.5 Å². The number of nitrogen functional groups attached to an aromatic ring is 1. The van der Waals surface area contributed by atoms with Gasteiger partial charge in [0.05, 0.1) is 5.52 Å². The van der Waals surface area contributed by atoms with Gasteiger partial charge in [-0.2, -0.15) is 0 Å². The van der Waals surface area contributed by atoms with E-state index in [1.54, 1.807) is 0 Å². The number of imidazole rings is 1. The van der Waals surface area contributed by atoms with Crippen LogP contribution in [0, 0.1) is 0 Å². The Labute approximate surface area is 113 Å². The van der Waals surface area contributed by atoms with Gasteiger partial charge in [-0.3, -0.25) is 0 Å². The molecule has 2 aromatic carbocycles. The number of aryl methyl sites for hydroxylation is 1. The fourth-order valence-corrected chi connectivity index (χ4v) is 2.56. The fraction of sp³-hybridized carbons (Fsp3) is 0.0714. The van der Waals surface area contributed by atoms with Crippen LogP contribution in [-0.2, 0) is 7.05 Å².